The van der Waals surface area contributed by atoms with Crippen molar-refractivity contribution in [2.24, 2.45) is 0 Å². The average molecular weight is 424 g/mol. The Labute approximate surface area is 182 Å². The van der Waals surface area contributed by atoms with Crippen LogP contribution in [0.2, 0.25) is 0 Å². The van der Waals surface area contributed by atoms with Crippen molar-refractivity contribution >= 4 is 17.4 Å². The van der Waals surface area contributed by atoms with Gasteiger partial charge in [0.2, 0.25) is 0 Å². The van der Waals surface area contributed by atoms with Crippen LogP contribution in [0.5, 0.6) is 11.5 Å². The summed E-state index contributed by atoms with van der Waals surface area (Å²) in [7, 11) is 1.51. The van der Waals surface area contributed by atoms with Gasteiger partial charge in [-0.3, -0.25) is 9.59 Å². The van der Waals surface area contributed by atoms with Gasteiger partial charge in [-0.2, -0.15) is 0 Å². The number of amides is 1. The molecule has 0 bridgehead atoms. The van der Waals surface area contributed by atoms with E-state index in [2.05, 4.69) is 4.90 Å². The van der Waals surface area contributed by atoms with Crippen molar-refractivity contribution in [1.82, 2.24) is 9.80 Å². The van der Waals surface area contributed by atoms with E-state index in [-0.39, 0.29) is 17.1 Å². The van der Waals surface area contributed by atoms with Crippen LogP contribution in [0.4, 0.5) is 0 Å². The van der Waals surface area contributed by atoms with Gasteiger partial charge in [0.05, 0.1) is 18.7 Å². The molecule has 31 heavy (non-hydrogen) atoms. The van der Waals surface area contributed by atoms with Crippen LogP contribution in [0.15, 0.2) is 54.1 Å². The van der Waals surface area contributed by atoms with Crippen LogP contribution in [0, 0.1) is 0 Å². The second-order valence-corrected chi connectivity index (χ2v) is 7.35. The van der Waals surface area contributed by atoms with Crippen LogP contribution in [-0.4, -0.2) is 65.0 Å². The minimum atomic E-state index is -0.797. The second-order valence-electron chi connectivity index (χ2n) is 7.35. The van der Waals surface area contributed by atoms with Crippen LogP contribution in [0.1, 0.15) is 31.0 Å². The normalized spacial score (nSPS) is 18.1. The molecule has 1 aliphatic rings. The lowest BCUT2D eigenvalue weighted by atomic mass is 9.95. The molecular weight excluding hydrogens is 396 g/mol. The number of Topliss-reactive ketones (excluding diaryl/α,β-unsaturated/α-hetero) is 1. The van der Waals surface area contributed by atoms with Crippen LogP contribution < -0.4 is 4.74 Å². The largest absolute Gasteiger partial charge is 0.508 e. The number of phenols is 1. The number of rotatable bonds is 8. The summed E-state index contributed by atoms with van der Waals surface area (Å²) in [5.74, 6) is -1.13. The first-order valence-corrected chi connectivity index (χ1v) is 10.3. The molecule has 0 aromatic heterocycles. The number of hydrogen-bond acceptors (Lipinski definition) is 6. The van der Waals surface area contributed by atoms with Crippen molar-refractivity contribution in [2.45, 2.75) is 19.9 Å². The molecule has 1 amide bonds. The smallest absolute Gasteiger partial charge is 0.295 e. The number of likely N-dealkylation sites (tertiary alicyclic amines) is 1. The third-order valence-corrected chi connectivity index (χ3v) is 5.62. The number of phenolic OH excluding ortho intramolecular Hbond substituents is 1. The lowest BCUT2D eigenvalue weighted by molar-refractivity contribution is -0.140. The highest BCUT2D eigenvalue weighted by Crippen LogP contribution is 2.40. The predicted molar refractivity (Wildman–Crippen MR) is 118 cm³/mol. The van der Waals surface area contributed by atoms with Crippen molar-refractivity contribution in [3.05, 3.63) is 65.2 Å². The molecule has 3 rings (SSSR count). The molecule has 2 aromatic carbocycles. The zero-order chi connectivity index (χ0) is 22.5. The summed E-state index contributed by atoms with van der Waals surface area (Å²) in [5, 5.41) is 21.1. The molecule has 7 nitrogen and oxygen atoms in total. The maximum atomic E-state index is 13.0. The molecule has 0 aliphatic carbocycles. The minimum Gasteiger partial charge on any atom is -0.508 e. The van der Waals surface area contributed by atoms with E-state index in [9.17, 15) is 19.8 Å². The summed E-state index contributed by atoms with van der Waals surface area (Å²) < 4.78 is 5.22. The Balaban J connectivity index is 2.11. The number of benzene rings is 2. The van der Waals surface area contributed by atoms with E-state index in [1.54, 1.807) is 36.4 Å². The van der Waals surface area contributed by atoms with E-state index in [4.69, 9.17) is 4.74 Å². The first-order valence-electron chi connectivity index (χ1n) is 10.3. The highest BCUT2D eigenvalue weighted by molar-refractivity contribution is 6.46. The fourth-order valence-electron chi connectivity index (χ4n) is 3.87. The first-order chi connectivity index (χ1) is 14.9. The number of hydrogen-bond donors (Lipinski definition) is 2. The number of carbonyl (C=O) groups excluding carboxylic acids is 2. The summed E-state index contributed by atoms with van der Waals surface area (Å²) in [6, 6.07) is 12.3. The standard InChI is InChI=1S/C24H28N2O5/c1-4-25(5-2)12-13-26-21(16-8-6-10-18(27)14-16)20(23(29)24(26)30)22(28)17-9-7-11-19(15-17)31-3/h6-11,14-15,21,27-28H,4-5,12-13H2,1-3H3/b22-20+. The zero-order valence-corrected chi connectivity index (χ0v) is 18.0. The van der Waals surface area contributed by atoms with Crippen molar-refractivity contribution in [3.63, 3.8) is 0 Å². The number of aromatic hydroxyl groups is 1. The van der Waals surface area contributed by atoms with E-state index in [1.165, 1.54) is 24.1 Å². The summed E-state index contributed by atoms with van der Waals surface area (Å²) in [6.07, 6.45) is 0. The number of methoxy groups -OCH3 is 1. The van der Waals surface area contributed by atoms with Gasteiger partial charge < -0.3 is 24.7 Å². The SMILES string of the molecule is CCN(CC)CCN1C(=O)C(=O)/C(=C(/O)c2cccc(OC)c2)C1c1cccc(O)c1. The number of nitrogens with zero attached hydrogens (tertiary/aromatic N) is 2. The van der Waals surface area contributed by atoms with Gasteiger partial charge in [-0.1, -0.05) is 38.1 Å². The molecule has 1 aliphatic heterocycles. The number of ether oxygens (including phenoxy) is 1. The molecule has 0 saturated carbocycles. The Morgan fingerprint density at radius 2 is 1.81 bits per heavy atom. The highest BCUT2D eigenvalue weighted by atomic mass is 16.5. The molecule has 1 heterocycles. The molecule has 1 fully saturated rings. The maximum absolute atomic E-state index is 13.0. The van der Waals surface area contributed by atoms with Gasteiger partial charge in [0.25, 0.3) is 11.7 Å². The highest BCUT2D eigenvalue weighted by Gasteiger charge is 2.46. The summed E-state index contributed by atoms with van der Waals surface area (Å²) >= 11 is 0. The van der Waals surface area contributed by atoms with E-state index >= 15 is 0 Å². The molecule has 1 saturated heterocycles. The third-order valence-electron chi connectivity index (χ3n) is 5.62. The van der Waals surface area contributed by atoms with Gasteiger partial charge >= 0.3 is 0 Å². The molecular formula is C24H28N2O5. The molecule has 1 unspecified atom stereocenters. The second kappa shape index (κ2) is 9.66. The lowest BCUT2D eigenvalue weighted by Gasteiger charge is -2.28. The molecule has 2 aromatic rings. The predicted octanol–water partition coefficient (Wildman–Crippen LogP) is 3.16. The van der Waals surface area contributed by atoms with E-state index in [1.807, 2.05) is 13.8 Å². The van der Waals surface area contributed by atoms with Crippen LogP contribution in [-0.2, 0) is 9.59 Å². The van der Waals surface area contributed by atoms with Crippen LogP contribution in [0.3, 0.4) is 0 Å². The number of aliphatic hydroxyl groups excluding tert-OH is 1. The fourth-order valence-corrected chi connectivity index (χ4v) is 3.87. The van der Waals surface area contributed by atoms with Crippen molar-refractivity contribution in [3.8, 4) is 11.5 Å². The molecule has 7 heteroatoms. The van der Waals surface area contributed by atoms with Gasteiger partial charge in [0.15, 0.2) is 0 Å². The zero-order valence-electron chi connectivity index (χ0n) is 18.0. The summed E-state index contributed by atoms with van der Waals surface area (Å²) in [5.41, 5.74) is 0.942. The fraction of sp³-hybridized carbons (Fsp3) is 0.333. The summed E-state index contributed by atoms with van der Waals surface area (Å²) in [4.78, 5) is 29.6. The molecule has 1 atom stereocenters. The molecule has 0 spiro atoms. The van der Waals surface area contributed by atoms with Gasteiger partial charge in [-0.05, 0) is 42.9 Å². The number of ketones is 1. The van der Waals surface area contributed by atoms with Crippen LogP contribution >= 0.6 is 0 Å². The molecule has 164 valence electrons. The number of aliphatic hydroxyl groups is 1. The Hall–Kier alpha value is -3.32. The topological polar surface area (TPSA) is 90.3 Å². The van der Waals surface area contributed by atoms with Crippen molar-refractivity contribution in [1.29, 1.82) is 0 Å². The average Bonchev–Trinajstić information content (AvgIpc) is 3.04. The van der Waals surface area contributed by atoms with Gasteiger partial charge in [0, 0.05) is 18.7 Å². The number of carbonyl (C=O) groups is 2. The van der Waals surface area contributed by atoms with Gasteiger partial charge in [-0.15, -0.1) is 0 Å². The van der Waals surface area contributed by atoms with E-state index in [0.717, 1.165) is 13.1 Å². The third kappa shape index (κ3) is 4.56. The maximum Gasteiger partial charge on any atom is 0.295 e. The molecule has 2 N–H and O–H groups in total. The Morgan fingerprint density at radius 3 is 2.45 bits per heavy atom. The minimum absolute atomic E-state index is 0.00315. The van der Waals surface area contributed by atoms with E-state index < -0.39 is 17.7 Å². The van der Waals surface area contributed by atoms with Crippen molar-refractivity contribution < 1.29 is 24.5 Å². The van der Waals surface area contributed by atoms with Crippen LogP contribution in [0.25, 0.3) is 5.76 Å². The summed E-state index contributed by atoms with van der Waals surface area (Å²) in [6.45, 7) is 6.62. The quantitative estimate of drug-likeness (QED) is 0.384. The Morgan fingerprint density at radius 1 is 1.10 bits per heavy atom. The van der Waals surface area contributed by atoms with Gasteiger partial charge in [0.1, 0.15) is 17.3 Å². The van der Waals surface area contributed by atoms with Gasteiger partial charge in [-0.25, -0.2) is 0 Å². The first kappa shape index (κ1) is 22.4. The number of likely N-dealkylation sites (N-methyl/N-ethyl adjacent to an activating group) is 1. The van der Waals surface area contributed by atoms with E-state index in [0.29, 0.717) is 30.0 Å². The monoisotopic (exact) mass is 424 g/mol. The van der Waals surface area contributed by atoms with Crippen molar-refractivity contribution in [2.75, 3.05) is 33.3 Å². The molecule has 0 radical (unpaired) electrons. The lowest BCUT2D eigenvalue weighted by Crippen LogP contribution is -2.38. The Kier molecular flexibility index (Phi) is 6.97. The Bertz CT molecular complexity index is 997.